The molecule has 0 saturated carbocycles. The lowest BCUT2D eigenvalue weighted by Gasteiger charge is -2.20. The first-order valence-electron chi connectivity index (χ1n) is 8.30. The molecule has 4 rings (SSSR count). The van der Waals surface area contributed by atoms with Crippen LogP contribution in [-0.2, 0) is 6.54 Å². The van der Waals surface area contributed by atoms with E-state index in [0.717, 1.165) is 22.6 Å². The quantitative estimate of drug-likeness (QED) is 0.770. The molecule has 0 saturated heterocycles. The van der Waals surface area contributed by atoms with E-state index in [-0.39, 0.29) is 6.04 Å². The van der Waals surface area contributed by atoms with E-state index in [1.807, 2.05) is 48.5 Å². The molecular formula is C19H19N3O3. The predicted octanol–water partition coefficient (Wildman–Crippen LogP) is 3.36. The first-order valence-corrected chi connectivity index (χ1v) is 8.30. The van der Waals surface area contributed by atoms with E-state index >= 15 is 0 Å². The summed E-state index contributed by atoms with van der Waals surface area (Å²) >= 11 is 0. The number of fused-ring (bicyclic) bond motifs is 1. The lowest BCUT2D eigenvalue weighted by molar-refractivity contribution is 0.171. The van der Waals surface area contributed by atoms with Crippen molar-refractivity contribution in [2.24, 2.45) is 0 Å². The van der Waals surface area contributed by atoms with Crippen LogP contribution in [0.1, 0.15) is 24.4 Å². The molecule has 0 radical (unpaired) electrons. The van der Waals surface area contributed by atoms with Gasteiger partial charge in [-0.3, -0.25) is 0 Å². The number of rotatable bonds is 5. The minimum absolute atomic E-state index is 0.114. The van der Waals surface area contributed by atoms with Crippen LogP contribution in [0.25, 0.3) is 11.5 Å². The summed E-state index contributed by atoms with van der Waals surface area (Å²) < 4.78 is 16.9. The van der Waals surface area contributed by atoms with Crippen LogP contribution in [0, 0.1) is 0 Å². The molecule has 6 nitrogen and oxygen atoms in total. The van der Waals surface area contributed by atoms with E-state index in [9.17, 15) is 0 Å². The van der Waals surface area contributed by atoms with Crippen LogP contribution >= 0.6 is 0 Å². The van der Waals surface area contributed by atoms with Gasteiger partial charge in [-0.2, -0.15) is 0 Å². The summed E-state index contributed by atoms with van der Waals surface area (Å²) in [5.41, 5.74) is 2.04. The average Bonchev–Trinajstić information content (AvgIpc) is 3.15. The topological polar surface area (TPSA) is 69.4 Å². The molecule has 2 heterocycles. The van der Waals surface area contributed by atoms with Crippen molar-refractivity contribution in [3.63, 3.8) is 0 Å². The maximum Gasteiger partial charge on any atom is 0.247 e. The molecule has 128 valence electrons. The van der Waals surface area contributed by atoms with Crippen LogP contribution in [0.4, 0.5) is 0 Å². The second-order valence-corrected chi connectivity index (χ2v) is 5.87. The van der Waals surface area contributed by atoms with Gasteiger partial charge in [0.25, 0.3) is 0 Å². The lowest BCUT2D eigenvalue weighted by Crippen LogP contribution is -2.19. The van der Waals surface area contributed by atoms with E-state index in [1.165, 1.54) is 0 Å². The fourth-order valence-corrected chi connectivity index (χ4v) is 2.71. The maximum atomic E-state index is 5.72. The van der Waals surface area contributed by atoms with Crippen molar-refractivity contribution >= 4 is 0 Å². The Balaban J connectivity index is 1.40. The number of aromatic nitrogens is 2. The van der Waals surface area contributed by atoms with Gasteiger partial charge in [-0.25, -0.2) is 0 Å². The minimum Gasteiger partial charge on any atom is -0.486 e. The van der Waals surface area contributed by atoms with Gasteiger partial charge in [-0.05, 0) is 36.8 Å². The van der Waals surface area contributed by atoms with E-state index < -0.39 is 0 Å². The molecule has 6 heteroatoms. The Morgan fingerprint density at radius 1 is 1.00 bits per heavy atom. The van der Waals surface area contributed by atoms with Gasteiger partial charge in [-0.1, -0.05) is 24.3 Å². The highest BCUT2D eigenvalue weighted by Crippen LogP contribution is 2.32. The summed E-state index contributed by atoms with van der Waals surface area (Å²) in [5, 5.41) is 11.6. The van der Waals surface area contributed by atoms with Crippen LogP contribution in [0.2, 0.25) is 0 Å². The second kappa shape index (κ2) is 6.94. The van der Waals surface area contributed by atoms with E-state index in [2.05, 4.69) is 22.4 Å². The van der Waals surface area contributed by atoms with Crippen molar-refractivity contribution in [2.75, 3.05) is 13.2 Å². The molecule has 0 unspecified atom stereocenters. The zero-order valence-corrected chi connectivity index (χ0v) is 13.9. The molecule has 0 bridgehead atoms. The van der Waals surface area contributed by atoms with Crippen LogP contribution in [0.5, 0.6) is 11.5 Å². The summed E-state index contributed by atoms with van der Waals surface area (Å²) in [6.45, 7) is 3.76. The fourth-order valence-electron chi connectivity index (χ4n) is 2.71. The van der Waals surface area contributed by atoms with Crippen LogP contribution in [0.3, 0.4) is 0 Å². The molecule has 1 aliphatic rings. The Morgan fingerprint density at radius 3 is 2.64 bits per heavy atom. The highest BCUT2D eigenvalue weighted by atomic mass is 16.6. The number of hydrogen-bond acceptors (Lipinski definition) is 6. The standard InChI is InChI=1S/C19H19N3O3/c1-13(15-7-8-16-17(11-15)24-10-9-23-16)20-12-18-21-22-19(25-18)14-5-3-2-4-6-14/h2-8,11,13,20H,9-10,12H2,1H3/t13-/m1/s1. The van der Waals surface area contributed by atoms with E-state index in [1.54, 1.807) is 0 Å². The summed E-state index contributed by atoms with van der Waals surface area (Å²) in [6.07, 6.45) is 0. The number of nitrogens with zero attached hydrogens (tertiary/aromatic N) is 2. The third-order valence-corrected chi connectivity index (χ3v) is 4.11. The SMILES string of the molecule is C[C@@H](NCc1nnc(-c2ccccc2)o1)c1ccc2c(c1)OCCO2. The van der Waals surface area contributed by atoms with Gasteiger partial charge in [0, 0.05) is 11.6 Å². The largest absolute Gasteiger partial charge is 0.486 e. The number of hydrogen-bond donors (Lipinski definition) is 1. The first-order chi connectivity index (χ1) is 12.3. The lowest BCUT2D eigenvalue weighted by atomic mass is 10.1. The third-order valence-electron chi connectivity index (χ3n) is 4.11. The smallest absolute Gasteiger partial charge is 0.247 e. The van der Waals surface area contributed by atoms with Crippen molar-refractivity contribution in [2.45, 2.75) is 19.5 Å². The Kier molecular flexibility index (Phi) is 4.35. The van der Waals surface area contributed by atoms with Gasteiger partial charge in [0.15, 0.2) is 11.5 Å². The van der Waals surface area contributed by atoms with Crippen molar-refractivity contribution in [1.29, 1.82) is 0 Å². The zero-order chi connectivity index (χ0) is 17.1. The van der Waals surface area contributed by atoms with Crippen LogP contribution in [0.15, 0.2) is 52.9 Å². The van der Waals surface area contributed by atoms with E-state index in [4.69, 9.17) is 13.9 Å². The van der Waals surface area contributed by atoms with Gasteiger partial charge in [0.05, 0.1) is 6.54 Å². The highest BCUT2D eigenvalue weighted by molar-refractivity contribution is 5.51. The molecule has 0 aliphatic carbocycles. The molecular weight excluding hydrogens is 318 g/mol. The Bertz CT molecular complexity index is 848. The molecule has 0 amide bonds. The van der Waals surface area contributed by atoms with Crippen molar-refractivity contribution in [3.8, 4) is 23.0 Å². The minimum atomic E-state index is 0.114. The van der Waals surface area contributed by atoms with Crippen molar-refractivity contribution in [1.82, 2.24) is 15.5 Å². The first kappa shape index (κ1) is 15.7. The normalized spacial score (nSPS) is 14.3. The monoisotopic (exact) mass is 337 g/mol. The van der Waals surface area contributed by atoms with Gasteiger partial charge in [0.1, 0.15) is 13.2 Å². The molecule has 0 spiro atoms. The van der Waals surface area contributed by atoms with Crippen molar-refractivity contribution in [3.05, 3.63) is 60.0 Å². The van der Waals surface area contributed by atoms with Gasteiger partial charge in [0.2, 0.25) is 11.8 Å². The summed E-state index contributed by atoms with van der Waals surface area (Å²) in [4.78, 5) is 0. The summed E-state index contributed by atoms with van der Waals surface area (Å²) in [5.74, 6) is 2.68. The van der Waals surface area contributed by atoms with Gasteiger partial charge in [-0.15, -0.1) is 10.2 Å². The summed E-state index contributed by atoms with van der Waals surface area (Å²) in [6, 6.07) is 15.8. The zero-order valence-electron chi connectivity index (χ0n) is 13.9. The molecule has 1 atom stereocenters. The van der Waals surface area contributed by atoms with Gasteiger partial charge >= 0.3 is 0 Å². The number of benzene rings is 2. The number of ether oxygens (including phenoxy) is 2. The molecule has 1 aromatic heterocycles. The fraction of sp³-hybridized carbons (Fsp3) is 0.263. The molecule has 25 heavy (non-hydrogen) atoms. The number of nitrogens with one attached hydrogen (secondary N) is 1. The maximum absolute atomic E-state index is 5.72. The Hall–Kier alpha value is -2.86. The third kappa shape index (κ3) is 3.49. The molecule has 0 fully saturated rings. The Morgan fingerprint density at radius 2 is 1.80 bits per heavy atom. The molecule has 1 N–H and O–H groups in total. The second-order valence-electron chi connectivity index (χ2n) is 5.87. The Labute approximate surface area is 145 Å². The predicted molar refractivity (Wildman–Crippen MR) is 92.4 cm³/mol. The van der Waals surface area contributed by atoms with Crippen LogP contribution in [-0.4, -0.2) is 23.4 Å². The molecule has 3 aromatic rings. The molecule has 2 aromatic carbocycles. The highest BCUT2D eigenvalue weighted by Gasteiger charge is 2.15. The van der Waals surface area contributed by atoms with Crippen LogP contribution < -0.4 is 14.8 Å². The van der Waals surface area contributed by atoms with Crippen molar-refractivity contribution < 1.29 is 13.9 Å². The average molecular weight is 337 g/mol. The van der Waals surface area contributed by atoms with E-state index in [0.29, 0.717) is 31.5 Å². The molecule has 1 aliphatic heterocycles. The van der Waals surface area contributed by atoms with Gasteiger partial charge < -0.3 is 19.2 Å². The summed E-state index contributed by atoms with van der Waals surface area (Å²) in [7, 11) is 0.